The number of piperazine rings is 1. The molecule has 0 saturated carbocycles. The van der Waals surface area contributed by atoms with Gasteiger partial charge in [0.05, 0.1) is 5.56 Å². The topological polar surface area (TPSA) is 52.0 Å². The number of nitriles is 1. The maximum atomic E-state index is 9.34. The first-order chi connectivity index (χ1) is 8.52. The van der Waals surface area contributed by atoms with E-state index in [0.717, 1.165) is 30.2 Å². The molecule has 2 atom stereocenters. The lowest BCUT2D eigenvalue weighted by Gasteiger charge is -2.39. The molecule has 4 heteroatoms. The molecule has 1 aliphatic rings. The molecular weight excluding hydrogens is 224 g/mol. The van der Waals surface area contributed by atoms with Crippen LogP contribution in [0, 0.1) is 25.2 Å². The van der Waals surface area contributed by atoms with Crippen LogP contribution in [0.25, 0.3) is 0 Å². The molecule has 2 rings (SSSR count). The van der Waals surface area contributed by atoms with Gasteiger partial charge in [-0.25, -0.2) is 4.98 Å². The average Bonchev–Trinajstić information content (AvgIpc) is 2.31. The van der Waals surface area contributed by atoms with E-state index in [1.165, 1.54) is 0 Å². The normalized spacial score (nSPS) is 23.8. The molecule has 0 bridgehead atoms. The predicted octanol–water partition coefficient (Wildman–Crippen LogP) is 1.76. The summed E-state index contributed by atoms with van der Waals surface area (Å²) < 4.78 is 0. The standard InChI is InChI=1S/C14H20N4/c1-9-5-10(2)17-14(13(9)6-15)18-8-11(3)16-7-12(18)4/h5,11-12,16H,7-8H2,1-4H3. The van der Waals surface area contributed by atoms with Gasteiger partial charge in [-0.15, -0.1) is 0 Å². The molecule has 0 spiro atoms. The number of rotatable bonds is 1. The van der Waals surface area contributed by atoms with Crippen molar-refractivity contribution in [1.29, 1.82) is 5.26 Å². The quantitative estimate of drug-likeness (QED) is 0.818. The summed E-state index contributed by atoms with van der Waals surface area (Å²) in [4.78, 5) is 6.84. The lowest BCUT2D eigenvalue weighted by atomic mass is 10.1. The smallest absolute Gasteiger partial charge is 0.147 e. The van der Waals surface area contributed by atoms with Gasteiger partial charge in [0.2, 0.25) is 0 Å². The molecular formula is C14H20N4. The van der Waals surface area contributed by atoms with Gasteiger partial charge in [-0.2, -0.15) is 5.26 Å². The first-order valence-electron chi connectivity index (χ1n) is 6.41. The van der Waals surface area contributed by atoms with Crippen molar-refractivity contribution in [3.8, 4) is 6.07 Å². The van der Waals surface area contributed by atoms with Gasteiger partial charge in [-0.3, -0.25) is 0 Å². The number of nitrogens with zero attached hydrogens (tertiary/aromatic N) is 3. The maximum Gasteiger partial charge on any atom is 0.147 e. The molecule has 2 unspecified atom stereocenters. The highest BCUT2D eigenvalue weighted by Crippen LogP contribution is 2.25. The van der Waals surface area contributed by atoms with Gasteiger partial charge in [-0.05, 0) is 39.3 Å². The first-order valence-corrected chi connectivity index (χ1v) is 6.41. The number of pyridine rings is 1. The van der Waals surface area contributed by atoms with Crippen LogP contribution in [-0.2, 0) is 0 Å². The van der Waals surface area contributed by atoms with Crippen LogP contribution in [0.2, 0.25) is 0 Å². The third-order valence-electron chi connectivity index (χ3n) is 3.47. The maximum absolute atomic E-state index is 9.34. The molecule has 1 saturated heterocycles. The number of aryl methyl sites for hydroxylation is 2. The van der Waals surface area contributed by atoms with Crippen LogP contribution in [0.15, 0.2) is 6.07 Å². The number of anilines is 1. The molecule has 96 valence electrons. The van der Waals surface area contributed by atoms with Crippen molar-refractivity contribution in [3.63, 3.8) is 0 Å². The van der Waals surface area contributed by atoms with Crippen LogP contribution in [0.3, 0.4) is 0 Å². The van der Waals surface area contributed by atoms with Gasteiger partial charge in [0.15, 0.2) is 0 Å². The minimum atomic E-state index is 0.363. The number of nitrogens with one attached hydrogen (secondary N) is 1. The third kappa shape index (κ3) is 2.32. The highest BCUT2D eigenvalue weighted by Gasteiger charge is 2.26. The second kappa shape index (κ2) is 4.95. The average molecular weight is 244 g/mol. The molecule has 0 aliphatic carbocycles. The summed E-state index contributed by atoms with van der Waals surface area (Å²) in [6.07, 6.45) is 0. The molecule has 0 radical (unpaired) electrons. The van der Waals surface area contributed by atoms with E-state index < -0.39 is 0 Å². The Labute approximate surface area is 109 Å². The molecule has 2 heterocycles. The molecule has 1 aromatic rings. The number of hydrogen-bond acceptors (Lipinski definition) is 4. The molecule has 0 aromatic carbocycles. The van der Waals surface area contributed by atoms with E-state index in [1.807, 2.05) is 19.9 Å². The Kier molecular flexibility index (Phi) is 3.53. The largest absolute Gasteiger partial charge is 0.350 e. The minimum absolute atomic E-state index is 0.363. The van der Waals surface area contributed by atoms with Crippen molar-refractivity contribution in [1.82, 2.24) is 10.3 Å². The number of hydrogen-bond donors (Lipinski definition) is 1. The van der Waals surface area contributed by atoms with E-state index in [9.17, 15) is 5.26 Å². The van der Waals surface area contributed by atoms with Gasteiger partial charge in [0.25, 0.3) is 0 Å². The summed E-state index contributed by atoms with van der Waals surface area (Å²) in [5.74, 6) is 0.843. The lowest BCUT2D eigenvalue weighted by molar-refractivity contribution is 0.422. The van der Waals surface area contributed by atoms with Crippen molar-refractivity contribution < 1.29 is 0 Å². The Bertz CT molecular complexity index is 489. The Balaban J connectivity index is 2.46. The minimum Gasteiger partial charge on any atom is -0.350 e. The van der Waals surface area contributed by atoms with Crippen molar-refractivity contribution in [2.24, 2.45) is 0 Å². The molecule has 18 heavy (non-hydrogen) atoms. The number of aromatic nitrogens is 1. The van der Waals surface area contributed by atoms with Gasteiger partial charge in [-0.1, -0.05) is 0 Å². The summed E-state index contributed by atoms with van der Waals surface area (Å²) in [7, 11) is 0. The van der Waals surface area contributed by atoms with Crippen LogP contribution in [0.5, 0.6) is 0 Å². The first kappa shape index (κ1) is 12.8. The predicted molar refractivity (Wildman–Crippen MR) is 72.7 cm³/mol. The van der Waals surface area contributed by atoms with Gasteiger partial charge < -0.3 is 10.2 Å². The molecule has 4 nitrogen and oxygen atoms in total. The van der Waals surface area contributed by atoms with Crippen LogP contribution in [0.1, 0.15) is 30.7 Å². The Morgan fingerprint density at radius 3 is 2.83 bits per heavy atom. The highest BCUT2D eigenvalue weighted by molar-refractivity contribution is 5.59. The van der Waals surface area contributed by atoms with E-state index in [4.69, 9.17) is 0 Å². The lowest BCUT2D eigenvalue weighted by Crippen LogP contribution is -2.55. The fourth-order valence-electron chi connectivity index (χ4n) is 2.48. The zero-order valence-electron chi connectivity index (χ0n) is 11.5. The van der Waals surface area contributed by atoms with E-state index in [2.05, 4.69) is 35.1 Å². The fraction of sp³-hybridized carbons (Fsp3) is 0.571. The molecule has 1 aromatic heterocycles. The molecule has 1 fully saturated rings. The van der Waals surface area contributed by atoms with Crippen molar-refractivity contribution in [2.45, 2.75) is 39.8 Å². The second-order valence-corrected chi connectivity index (χ2v) is 5.20. The van der Waals surface area contributed by atoms with Gasteiger partial charge in [0.1, 0.15) is 11.9 Å². The summed E-state index contributed by atoms with van der Waals surface area (Å²) in [6, 6.07) is 5.06. The Morgan fingerprint density at radius 1 is 1.44 bits per heavy atom. The summed E-state index contributed by atoms with van der Waals surface area (Å²) in [5.41, 5.74) is 2.69. The monoisotopic (exact) mass is 244 g/mol. The molecule has 1 N–H and O–H groups in total. The zero-order valence-corrected chi connectivity index (χ0v) is 11.5. The SMILES string of the molecule is Cc1cc(C)c(C#N)c(N2CC(C)NCC2C)n1. The van der Waals surface area contributed by atoms with Gasteiger partial charge in [0, 0.05) is 30.9 Å². The molecule has 0 amide bonds. The van der Waals surface area contributed by atoms with E-state index in [0.29, 0.717) is 17.6 Å². The van der Waals surface area contributed by atoms with E-state index in [1.54, 1.807) is 0 Å². The summed E-state index contributed by atoms with van der Waals surface area (Å²) in [5, 5.41) is 12.8. The second-order valence-electron chi connectivity index (χ2n) is 5.20. The van der Waals surface area contributed by atoms with Crippen LogP contribution in [-0.4, -0.2) is 30.2 Å². The van der Waals surface area contributed by atoms with Crippen LogP contribution >= 0.6 is 0 Å². The summed E-state index contributed by atoms with van der Waals surface area (Å²) >= 11 is 0. The van der Waals surface area contributed by atoms with Crippen LogP contribution in [0.4, 0.5) is 5.82 Å². The fourth-order valence-corrected chi connectivity index (χ4v) is 2.48. The van der Waals surface area contributed by atoms with E-state index in [-0.39, 0.29) is 0 Å². The summed E-state index contributed by atoms with van der Waals surface area (Å²) in [6.45, 7) is 10.1. The van der Waals surface area contributed by atoms with Gasteiger partial charge >= 0.3 is 0 Å². The highest BCUT2D eigenvalue weighted by atomic mass is 15.3. The van der Waals surface area contributed by atoms with E-state index >= 15 is 0 Å². The third-order valence-corrected chi connectivity index (χ3v) is 3.47. The van der Waals surface area contributed by atoms with Crippen molar-refractivity contribution >= 4 is 5.82 Å². The van der Waals surface area contributed by atoms with Crippen LogP contribution < -0.4 is 10.2 Å². The Morgan fingerprint density at radius 2 is 2.17 bits per heavy atom. The van der Waals surface area contributed by atoms with Crippen molar-refractivity contribution in [3.05, 3.63) is 22.9 Å². The Hall–Kier alpha value is -1.60. The zero-order chi connectivity index (χ0) is 13.3. The van der Waals surface area contributed by atoms with Crippen molar-refractivity contribution in [2.75, 3.05) is 18.0 Å². The molecule has 1 aliphatic heterocycles.